The molecule has 0 aromatic rings. The largest absolute Gasteiger partial charge is 0.381 e. The topological polar surface area (TPSA) is 29.5 Å². The molecule has 0 atom stereocenters. The Morgan fingerprint density at radius 3 is 2.10 bits per heavy atom. The van der Waals surface area contributed by atoms with Crippen LogP contribution in [0.5, 0.6) is 0 Å². The SMILES string of the molecule is CC.OSC1CCOCC1. The molecule has 0 saturated carbocycles. The minimum absolute atomic E-state index is 0.434. The van der Waals surface area contributed by atoms with E-state index in [0.29, 0.717) is 5.25 Å². The van der Waals surface area contributed by atoms with Crippen molar-refractivity contribution >= 4 is 12.0 Å². The minimum Gasteiger partial charge on any atom is -0.381 e. The van der Waals surface area contributed by atoms with E-state index in [1.807, 2.05) is 13.8 Å². The first-order valence-electron chi connectivity index (χ1n) is 3.81. The van der Waals surface area contributed by atoms with E-state index in [4.69, 9.17) is 9.29 Å². The third kappa shape index (κ3) is 4.14. The van der Waals surface area contributed by atoms with Crippen LogP contribution in [0.3, 0.4) is 0 Å². The fraction of sp³-hybridized carbons (Fsp3) is 1.00. The van der Waals surface area contributed by atoms with Gasteiger partial charge in [-0.2, -0.15) is 0 Å². The average molecular weight is 164 g/mol. The van der Waals surface area contributed by atoms with Crippen molar-refractivity contribution in [3.63, 3.8) is 0 Å². The normalized spacial score (nSPS) is 19.5. The predicted octanol–water partition coefficient (Wildman–Crippen LogP) is 2.40. The number of hydrogen-bond acceptors (Lipinski definition) is 3. The summed E-state index contributed by atoms with van der Waals surface area (Å²) in [6, 6.07) is 0. The monoisotopic (exact) mass is 164 g/mol. The molecule has 0 aromatic heterocycles. The fourth-order valence-corrected chi connectivity index (χ4v) is 1.18. The number of ether oxygens (including phenoxy) is 1. The quantitative estimate of drug-likeness (QED) is 0.603. The van der Waals surface area contributed by atoms with Crippen molar-refractivity contribution in [3.8, 4) is 0 Å². The van der Waals surface area contributed by atoms with Gasteiger partial charge in [-0.05, 0) is 24.9 Å². The van der Waals surface area contributed by atoms with Gasteiger partial charge in [0.05, 0.1) is 0 Å². The highest BCUT2D eigenvalue weighted by atomic mass is 32.2. The first-order chi connectivity index (χ1) is 4.93. The number of hydrogen-bond donors (Lipinski definition) is 1. The minimum atomic E-state index is 0.434. The molecule has 2 nitrogen and oxygen atoms in total. The molecule has 10 heavy (non-hydrogen) atoms. The highest BCUT2D eigenvalue weighted by Gasteiger charge is 2.12. The van der Waals surface area contributed by atoms with Crippen LogP contribution in [0.1, 0.15) is 26.7 Å². The van der Waals surface area contributed by atoms with Crippen LogP contribution >= 0.6 is 12.0 Å². The second-order valence-electron chi connectivity index (χ2n) is 1.92. The summed E-state index contributed by atoms with van der Waals surface area (Å²) in [6.07, 6.45) is 2.00. The molecule has 0 aromatic carbocycles. The maximum atomic E-state index is 8.55. The van der Waals surface area contributed by atoms with Gasteiger partial charge < -0.3 is 9.29 Å². The summed E-state index contributed by atoms with van der Waals surface area (Å²) in [5.41, 5.74) is 0. The molecule has 1 rings (SSSR count). The van der Waals surface area contributed by atoms with E-state index in [1.165, 1.54) is 0 Å². The molecule has 1 aliphatic rings. The molecule has 1 aliphatic heterocycles. The van der Waals surface area contributed by atoms with Crippen LogP contribution in [0.4, 0.5) is 0 Å². The van der Waals surface area contributed by atoms with Gasteiger partial charge in [0.25, 0.3) is 0 Å². The Morgan fingerprint density at radius 1 is 1.30 bits per heavy atom. The van der Waals surface area contributed by atoms with Crippen LogP contribution in [0, 0.1) is 0 Å². The summed E-state index contributed by atoms with van der Waals surface area (Å²) in [6.45, 7) is 5.64. The van der Waals surface area contributed by atoms with Crippen LogP contribution in [-0.4, -0.2) is 23.0 Å². The van der Waals surface area contributed by atoms with Crippen LogP contribution in [0.2, 0.25) is 0 Å². The van der Waals surface area contributed by atoms with Crippen molar-refractivity contribution in [1.82, 2.24) is 0 Å². The van der Waals surface area contributed by atoms with Crippen LogP contribution in [-0.2, 0) is 4.74 Å². The molecule has 0 radical (unpaired) electrons. The number of rotatable bonds is 1. The molecular formula is C7H16O2S. The van der Waals surface area contributed by atoms with Gasteiger partial charge in [-0.15, -0.1) is 0 Å². The van der Waals surface area contributed by atoms with E-state index in [2.05, 4.69) is 0 Å². The van der Waals surface area contributed by atoms with Crippen molar-refractivity contribution in [2.75, 3.05) is 13.2 Å². The van der Waals surface area contributed by atoms with Crippen molar-refractivity contribution in [2.24, 2.45) is 0 Å². The summed E-state index contributed by atoms with van der Waals surface area (Å²) >= 11 is 0.966. The standard InChI is InChI=1S/C5H10O2S.C2H6/c6-8-5-1-3-7-4-2-5;1-2/h5-6H,1-4H2;1-2H3. The Balaban J connectivity index is 0.000000371. The second kappa shape index (κ2) is 7.38. The van der Waals surface area contributed by atoms with E-state index in [-0.39, 0.29) is 0 Å². The predicted molar refractivity (Wildman–Crippen MR) is 45.4 cm³/mol. The van der Waals surface area contributed by atoms with Gasteiger partial charge in [0, 0.05) is 18.5 Å². The molecule has 0 unspecified atom stereocenters. The van der Waals surface area contributed by atoms with Crippen LogP contribution in [0.25, 0.3) is 0 Å². The fourth-order valence-electron chi connectivity index (χ4n) is 0.781. The zero-order chi connectivity index (χ0) is 7.82. The zero-order valence-corrected chi connectivity index (χ0v) is 7.49. The lowest BCUT2D eigenvalue weighted by atomic mass is 10.2. The third-order valence-corrected chi connectivity index (χ3v) is 2.09. The summed E-state index contributed by atoms with van der Waals surface area (Å²) in [4.78, 5) is 0. The van der Waals surface area contributed by atoms with E-state index < -0.39 is 0 Å². The molecule has 0 amide bonds. The summed E-state index contributed by atoms with van der Waals surface area (Å²) in [5, 5.41) is 0.434. The van der Waals surface area contributed by atoms with Crippen LogP contribution < -0.4 is 0 Å². The van der Waals surface area contributed by atoms with Crippen molar-refractivity contribution < 1.29 is 9.29 Å². The van der Waals surface area contributed by atoms with Crippen molar-refractivity contribution in [2.45, 2.75) is 31.9 Å². The summed E-state index contributed by atoms with van der Waals surface area (Å²) in [7, 11) is 0. The molecule has 0 spiro atoms. The lowest BCUT2D eigenvalue weighted by Gasteiger charge is -2.17. The third-order valence-electron chi connectivity index (χ3n) is 1.32. The summed E-state index contributed by atoms with van der Waals surface area (Å²) in [5.74, 6) is 0. The molecule has 1 fully saturated rings. The maximum absolute atomic E-state index is 8.55. The molecule has 1 heterocycles. The molecule has 1 N–H and O–H groups in total. The van der Waals surface area contributed by atoms with Crippen molar-refractivity contribution in [3.05, 3.63) is 0 Å². The van der Waals surface area contributed by atoms with Gasteiger partial charge in [-0.25, -0.2) is 0 Å². The summed E-state index contributed by atoms with van der Waals surface area (Å²) < 4.78 is 13.6. The van der Waals surface area contributed by atoms with Crippen LogP contribution in [0.15, 0.2) is 0 Å². The smallest absolute Gasteiger partial charge is 0.0477 e. The first-order valence-corrected chi connectivity index (χ1v) is 4.65. The Morgan fingerprint density at radius 2 is 1.80 bits per heavy atom. The Hall–Kier alpha value is 0.270. The van der Waals surface area contributed by atoms with Gasteiger partial charge in [-0.3, -0.25) is 0 Å². The highest BCUT2D eigenvalue weighted by Crippen LogP contribution is 2.17. The van der Waals surface area contributed by atoms with E-state index in [1.54, 1.807) is 0 Å². The van der Waals surface area contributed by atoms with Gasteiger partial charge in [0.2, 0.25) is 0 Å². The Labute approximate surface area is 67.2 Å². The molecule has 0 aliphatic carbocycles. The van der Waals surface area contributed by atoms with E-state index in [9.17, 15) is 0 Å². The lowest BCUT2D eigenvalue weighted by molar-refractivity contribution is 0.0992. The Bertz CT molecular complexity index is 62.6. The zero-order valence-electron chi connectivity index (χ0n) is 6.67. The first kappa shape index (κ1) is 10.3. The molecular weight excluding hydrogens is 148 g/mol. The maximum Gasteiger partial charge on any atom is 0.0477 e. The van der Waals surface area contributed by atoms with Gasteiger partial charge >= 0.3 is 0 Å². The molecule has 62 valence electrons. The Kier molecular flexibility index (Phi) is 7.58. The van der Waals surface area contributed by atoms with Gasteiger partial charge in [0.1, 0.15) is 0 Å². The second-order valence-corrected chi connectivity index (χ2v) is 2.79. The molecule has 1 saturated heterocycles. The van der Waals surface area contributed by atoms with E-state index >= 15 is 0 Å². The lowest BCUT2D eigenvalue weighted by Crippen LogP contribution is -2.16. The van der Waals surface area contributed by atoms with Gasteiger partial charge in [-0.1, -0.05) is 13.8 Å². The highest BCUT2D eigenvalue weighted by molar-refractivity contribution is 7.94. The molecule has 0 bridgehead atoms. The van der Waals surface area contributed by atoms with Crippen molar-refractivity contribution in [1.29, 1.82) is 0 Å². The van der Waals surface area contributed by atoms with E-state index in [0.717, 1.165) is 38.1 Å². The molecule has 3 heteroatoms. The average Bonchev–Trinajstić information content (AvgIpc) is 2.10. The van der Waals surface area contributed by atoms with Gasteiger partial charge in [0.15, 0.2) is 0 Å².